The fourth-order valence-electron chi connectivity index (χ4n) is 1.07. The van der Waals surface area contributed by atoms with Crippen LogP contribution >= 0.6 is 27.3 Å². The Morgan fingerprint density at radius 2 is 2.18 bits per heavy atom. The van der Waals surface area contributed by atoms with E-state index in [4.69, 9.17) is 10.8 Å². The molecule has 0 aliphatic heterocycles. The lowest BCUT2D eigenvalue weighted by molar-refractivity contribution is -0.140. The molecule has 0 unspecified atom stereocenters. The lowest BCUT2D eigenvalue weighted by Crippen LogP contribution is -2.43. The van der Waals surface area contributed by atoms with Gasteiger partial charge in [0.2, 0.25) is 5.91 Å². The average Bonchev–Trinajstić information content (AvgIpc) is 2.63. The quantitative estimate of drug-likeness (QED) is 0.736. The van der Waals surface area contributed by atoms with Crippen LogP contribution in [0.4, 0.5) is 0 Å². The number of hydrogen-bond donors (Lipinski definition) is 3. The first-order valence-corrected chi connectivity index (χ1v) is 6.13. The molecular weight excluding hydrogens is 312 g/mol. The third-order valence-electron chi connectivity index (χ3n) is 1.84. The highest BCUT2D eigenvalue weighted by Gasteiger charge is 2.23. The number of carbonyl (C=O) groups excluding carboxylic acids is 2. The number of hydrogen-bond acceptors (Lipinski definition) is 4. The van der Waals surface area contributed by atoms with Gasteiger partial charge in [0, 0.05) is 5.38 Å². The van der Waals surface area contributed by atoms with Gasteiger partial charge in [-0.3, -0.25) is 9.59 Å². The zero-order valence-electron chi connectivity index (χ0n) is 8.47. The maximum atomic E-state index is 11.6. The molecule has 2 amide bonds. The SMILES string of the molecule is NC(=O)C[C@@H](NC(=O)c1csc(Br)c1)C(=O)O. The van der Waals surface area contributed by atoms with Crippen molar-refractivity contribution < 1.29 is 19.5 Å². The van der Waals surface area contributed by atoms with Crippen LogP contribution in [0, 0.1) is 0 Å². The van der Waals surface area contributed by atoms with Crippen LogP contribution in [-0.2, 0) is 9.59 Å². The number of carboxylic acid groups (broad SMARTS) is 1. The predicted molar refractivity (Wildman–Crippen MR) is 64.7 cm³/mol. The number of amides is 2. The number of rotatable bonds is 5. The summed E-state index contributed by atoms with van der Waals surface area (Å²) in [5, 5.41) is 12.6. The van der Waals surface area contributed by atoms with Gasteiger partial charge >= 0.3 is 5.97 Å². The van der Waals surface area contributed by atoms with E-state index < -0.39 is 30.2 Å². The van der Waals surface area contributed by atoms with Crippen LogP contribution in [0.15, 0.2) is 15.2 Å². The van der Waals surface area contributed by atoms with Gasteiger partial charge in [-0.2, -0.15) is 0 Å². The van der Waals surface area contributed by atoms with Gasteiger partial charge in [-0.15, -0.1) is 11.3 Å². The normalized spacial score (nSPS) is 11.8. The second-order valence-electron chi connectivity index (χ2n) is 3.17. The summed E-state index contributed by atoms with van der Waals surface area (Å²) in [5.41, 5.74) is 5.22. The number of carbonyl (C=O) groups is 3. The molecule has 0 saturated carbocycles. The summed E-state index contributed by atoms with van der Waals surface area (Å²) in [7, 11) is 0. The van der Waals surface area contributed by atoms with Crippen molar-refractivity contribution in [2.45, 2.75) is 12.5 Å². The smallest absolute Gasteiger partial charge is 0.326 e. The molecule has 92 valence electrons. The first kappa shape index (κ1) is 13.7. The van der Waals surface area contributed by atoms with Crippen molar-refractivity contribution in [3.63, 3.8) is 0 Å². The molecule has 0 saturated heterocycles. The second kappa shape index (κ2) is 5.78. The summed E-state index contributed by atoms with van der Waals surface area (Å²) in [5.74, 6) is -2.64. The Kier molecular flexibility index (Phi) is 4.64. The summed E-state index contributed by atoms with van der Waals surface area (Å²) < 4.78 is 0.754. The number of carboxylic acids is 1. The minimum Gasteiger partial charge on any atom is -0.480 e. The van der Waals surface area contributed by atoms with Gasteiger partial charge < -0.3 is 16.2 Å². The Hall–Kier alpha value is -1.41. The number of aliphatic carboxylic acids is 1. The first-order valence-electron chi connectivity index (χ1n) is 4.46. The van der Waals surface area contributed by atoms with Crippen molar-refractivity contribution in [1.29, 1.82) is 0 Å². The van der Waals surface area contributed by atoms with Crippen LogP contribution in [0.5, 0.6) is 0 Å². The number of halogens is 1. The molecule has 0 radical (unpaired) electrons. The number of nitrogens with two attached hydrogens (primary N) is 1. The molecule has 0 aromatic carbocycles. The third kappa shape index (κ3) is 4.16. The van der Waals surface area contributed by atoms with E-state index in [-0.39, 0.29) is 0 Å². The molecular formula is C9H9BrN2O4S. The van der Waals surface area contributed by atoms with Gasteiger partial charge in [0.15, 0.2) is 0 Å². The van der Waals surface area contributed by atoms with Gasteiger partial charge in [0.1, 0.15) is 6.04 Å². The lowest BCUT2D eigenvalue weighted by atomic mass is 10.2. The number of primary amides is 1. The molecule has 0 aliphatic carbocycles. The van der Waals surface area contributed by atoms with Crippen LogP contribution in [0.2, 0.25) is 0 Å². The molecule has 1 rings (SSSR count). The summed E-state index contributed by atoms with van der Waals surface area (Å²) in [4.78, 5) is 33.0. The molecule has 1 aromatic heterocycles. The Balaban J connectivity index is 2.70. The van der Waals surface area contributed by atoms with Crippen molar-refractivity contribution in [1.82, 2.24) is 5.32 Å². The van der Waals surface area contributed by atoms with Crippen LogP contribution in [0.3, 0.4) is 0 Å². The Bertz CT molecular complexity index is 460. The van der Waals surface area contributed by atoms with Gasteiger partial charge in [-0.1, -0.05) is 0 Å². The molecule has 6 nitrogen and oxygen atoms in total. The summed E-state index contributed by atoms with van der Waals surface area (Å²) in [6, 6.07) is 0.252. The topological polar surface area (TPSA) is 109 Å². The van der Waals surface area contributed by atoms with E-state index in [1.54, 1.807) is 11.4 Å². The van der Waals surface area contributed by atoms with Crippen LogP contribution in [-0.4, -0.2) is 28.9 Å². The highest BCUT2D eigenvalue weighted by Crippen LogP contribution is 2.20. The zero-order valence-corrected chi connectivity index (χ0v) is 10.9. The molecule has 0 aliphatic rings. The monoisotopic (exact) mass is 320 g/mol. The van der Waals surface area contributed by atoms with Gasteiger partial charge in [-0.05, 0) is 22.0 Å². The van der Waals surface area contributed by atoms with E-state index in [1.807, 2.05) is 0 Å². The van der Waals surface area contributed by atoms with Crippen LogP contribution in [0.1, 0.15) is 16.8 Å². The van der Waals surface area contributed by atoms with E-state index in [0.29, 0.717) is 5.56 Å². The van der Waals surface area contributed by atoms with E-state index in [9.17, 15) is 14.4 Å². The Morgan fingerprint density at radius 1 is 1.53 bits per heavy atom. The highest BCUT2D eigenvalue weighted by molar-refractivity contribution is 9.11. The fraction of sp³-hybridized carbons (Fsp3) is 0.222. The van der Waals surface area contributed by atoms with Gasteiger partial charge in [0.05, 0.1) is 15.8 Å². The van der Waals surface area contributed by atoms with Gasteiger partial charge in [-0.25, -0.2) is 4.79 Å². The van der Waals surface area contributed by atoms with Crippen molar-refractivity contribution in [3.05, 3.63) is 20.8 Å². The van der Waals surface area contributed by atoms with Crippen molar-refractivity contribution in [2.24, 2.45) is 5.73 Å². The van der Waals surface area contributed by atoms with Crippen molar-refractivity contribution in [3.8, 4) is 0 Å². The van der Waals surface area contributed by atoms with Crippen molar-refractivity contribution in [2.75, 3.05) is 0 Å². The van der Waals surface area contributed by atoms with Crippen LogP contribution < -0.4 is 11.1 Å². The molecule has 17 heavy (non-hydrogen) atoms. The first-order chi connectivity index (χ1) is 7.90. The molecule has 1 aromatic rings. The van der Waals surface area contributed by atoms with Crippen molar-refractivity contribution >= 4 is 45.1 Å². The minimum absolute atomic E-state index is 0.331. The molecule has 4 N–H and O–H groups in total. The number of thiophene rings is 1. The number of nitrogens with one attached hydrogen (secondary N) is 1. The second-order valence-corrected chi connectivity index (χ2v) is 5.46. The summed E-state index contributed by atoms with van der Waals surface area (Å²) in [6.45, 7) is 0. The molecule has 0 spiro atoms. The Morgan fingerprint density at radius 3 is 2.59 bits per heavy atom. The molecule has 0 fully saturated rings. The maximum Gasteiger partial charge on any atom is 0.326 e. The Labute approximate surface area is 109 Å². The average molecular weight is 321 g/mol. The standard InChI is InChI=1S/C9H9BrN2O4S/c10-6-1-4(3-17-6)8(14)12-5(9(15)16)2-7(11)13/h1,3,5H,2H2,(H2,11,13)(H,12,14)(H,15,16)/t5-/m1/s1. The van der Waals surface area contributed by atoms with Gasteiger partial charge in [0.25, 0.3) is 5.91 Å². The maximum absolute atomic E-state index is 11.6. The fourth-order valence-corrected chi connectivity index (χ4v) is 2.21. The van der Waals surface area contributed by atoms with Crippen LogP contribution in [0.25, 0.3) is 0 Å². The molecule has 1 atom stereocenters. The lowest BCUT2D eigenvalue weighted by Gasteiger charge is -2.11. The summed E-state index contributed by atoms with van der Waals surface area (Å²) in [6.07, 6.45) is -0.438. The molecule has 1 heterocycles. The minimum atomic E-state index is -1.31. The third-order valence-corrected chi connectivity index (χ3v) is 3.34. The van der Waals surface area contributed by atoms with E-state index in [2.05, 4.69) is 21.2 Å². The molecule has 8 heteroatoms. The zero-order chi connectivity index (χ0) is 13.0. The highest BCUT2D eigenvalue weighted by atomic mass is 79.9. The van der Waals surface area contributed by atoms with E-state index in [1.165, 1.54) is 11.3 Å². The molecule has 0 bridgehead atoms. The van der Waals surface area contributed by atoms with E-state index in [0.717, 1.165) is 3.79 Å². The summed E-state index contributed by atoms with van der Waals surface area (Å²) >= 11 is 4.48. The largest absolute Gasteiger partial charge is 0.480 e. The van der Waals surface area contributed by atoms with E-state index >= 15 is 0 Å². The predicted octanol–water partition coefficient (Wildman–Crippen LogP) is 0.569.